The first kappa shape index (κ1) is 16.5. The molecular formula is C12H15F3N2O2S. The van der Waals surface area contributed by atoms with Gasteiger partial charge in [-0.3, -0.25) is 5.41 Å². The molecule has 0 spiro atoms. The van der Waals surface area contributed by atoms with Crippen molar-refractivity contribution in [1.29, 1.82) is 5.41 Å². The lowest BCUT2D eigenvalue weighted by atomic mass is 10.1. The SMILES string of the molecule is CC(CN(C=N)c1ccccc1)(C(F)(F)F)S(C)(=O)=O. The van der Waals surface area contributed by atoms with E-state index in [0.717, 1.165) is 4.90 Å². The van der Waals surface area contributed by atoms with E-state index in [1.807, 2.05) is 0 Å². The molecule has 1 atom stereocenters. The predicted molar refractivity (Wildman–Crippen MR) is 71.9 cm³/mol. The highest BCUT2D eigenvalue weighted by atomic mass is 32.2. The molecule has 0 radical (unpaired) electrons. The van der Waals surface area contributed by atoms with Crippen molar-refractivity contribution in [2.45, 2.75) is 17.8 Å². The Morgan fingerprint density at radius 2 is 1.75 bits per heavy atom. The van der Waals surface area contributed by atoms with Crippen molar-refractivity contribution in [3.8, 4) is 0 Å². The largest absolute Gasteiger partial charge is 0.409 e. The van der Waals surface area contributed by atoms with Gasteiger partial charge in [-0.1, -0.05) is 18.2 Å². The zero-order valence-corrected chi connectivity index (χ0v) is 11.8. The standard InChI is InChI=1S/C12H15F3N2O2S/c1-11(12(13,14)15,20(2,18)19)8-17(9-16)10-6-4-3-5-7-10/h3-7,9,16H,8H2,1-2H3. The maximum Gasteiger partial charge on any atom is 0.409 e. The third-order valence-corrected chi connectivity index (χ3v) is 5.13. The van der Waals surface area contributed by atoms with E-state index in [1.54, 1.807) is 18.2 Å². The van der Waals surface area contributed by atoms with Gasteiger partial charge in [-0.15, -0.1) is 0 Å². The summed E-state index contributed by atoms with van der Waals surface area (Å²) < 4.78 is 59.6. The Balaban J connectivity index is 3.23. The number of rotatable bonds is 5. The van der Waals surface area contributed by atoms with Crippen molar-refractivity contribution in [2.75, 3.05) is 17.7 Å². The van der Waals surface area contributed by atoms with Crippen molar-refractivity contribution in [3.05, 3.63) is 30.3 Å². The summed E-state index contributed by atoms with van der Waals surface area (Å²) in [6.07, 6.45) is -3.70. The number of halogens is 3. The maximum absolute atomic E-state index is 13.1. The molecule has 0 aliphatic carbocycles. The molecule has 1 aromatic carbocycles. The molecule has 0 aromatic heterocycles. The number of sulfone groups is 1. The van der Waals surface area contributed by atoms with Gasteiger partial charge in [0.15, 0.2) is 14.6 Å². The van der Waals surface area contributed by atoms with Gasteiger partial charge in [-0.25, -0.2) is 8.42 Å². The summed E-state index contributed by atoms with van der Waals surface area (Å²) in [4.78, 5) is 0.953. The zero-order chi connectivity index (χ0) is 15.6. The Labute approximate surface area is 115 Å². The number of anilines is 1. The molecule has 0 bridgehead atoms. The van der Waals surface area contributed by atoms with Gasteiger partial charge in [-0.2, -0.15) is 13.2 Å². The van der Waals surface area contributed by atoms with Gasteiger partial charge >= 0.3 is 6.18 Å². The Kier molecular flexibility index (Phi) is 4.48. The second-order valence-corrected chi connectivity index (χ2v) is 7.04. The van der Waals surface area contributed by atoms with E-state index in [-0.39, 0.29) is 0 Å². The topological polar surface area (TPSA) is 61.2 Å². The van der Waals surface area contributed by atoms with Crippen molar-refractivity contribution < 1.29 is 21.6 Å². The molecule has 1 rings (SSSR count). The van der Waals surface area contributed by atoms with Crippen LogP contribution in [-0.4, -0.2) is 38.5 Å². The third-order valence-electron chi connectivity index (χ3n) is 3.13. The lowest BCUT2D eigenvalue weighted by molar-refractivity contribution is -0.154. The van der Waals surface area contributed by atoms with Crippen molar-refractivity contribution in [3.63, 3.8) is 0 Å². The molecule has 0 aliphatic rings. The van der Waals surface area contributed by atoms with Gasteiger partial charge in [-0.05, 0) is 19.1 Å². The summed E-state index contributed by atoms with van der Waals surface area (Å²) in [5.74, 6) is 0. The molecule has 1 unspecified atom stereocenters. The van der Waals surface area contributed by atoms with Crippen LogP contribution in [0, 0.1) is 5.41 Å². The smallest absolute Gasteiger partial charge is 0.331 e. The van der Waals surface area contributed by atoms with Crippen LogP contribution in [0.25, 0.3) is 0 Å². The average molecular weight is 308 g/mol. The minimum atomic E-state index is -4.93. The second kappa shape index (κ2) is 5.43. The van der Waals surface area contributed by atoms with Crippen LogP contribution in [0.1, 0.15) is 6.92 Å². The van der Waals surface area contributed by atoms with Gasteiger partial charge < -0.3 is 4.90 Å². The Morgan fingerprint density at radius 1 is 1.25 bits per heavy atom. The van der Waals surface area contributed by atoms with Crippen molar-refractivity contribution >= 4 is 21.9 Å². The van der Waals surface area contributed by atoms with Gasteiger partial charge in [0.05, 0.1) is 12.9 Å². The molecule has 0 heterocycles. The number of benzene rings is 1. The quantitative estimate of drug-likeness (QED) is 0.671. The van der Waals surface area contributed by atoms with E-state index in [9.17, 15) is 21.6 Å². The van der Waals surface area contributed by atoms with Crippen LogP contribution in [0.5, 0.6) is 0 Å². The van der Waals surface area contributed by atoms with Gasteiger partial charge in [0.1, 0.15) is 0 Å². The van der Waals surface area contributed by atoms with Crippen LogP contribution in [0.4, 0.5) is 18.9 Å². The molecule has 0 saturated heterocycles. The monoisotopic (exact) mass is 308 g/mol. The molecular weight excluding hydrogens is 293 g/mol. The molecule has 1 N–H and O–H groups in total. The zero-order valence-electron chi connectivity index (χ0n) is 11.0. The molecule has 20 heavy (non-hydrogen) atoms. The van der Waals surface area contributed by atoms with E-state index < -0.39 is 27.3 Å². The summed E-state index contributed by atoms with van der Waals surface area (Å²) in [6.45, 7) is -0.245. The molecule has 0 saturated carbocycles. The Hall–Kier alpha value is -1.57. The lowest BCUT2D eigenvalue weighted by Crippen LogP contribution is -2.56. The predicted octanol–water partition coefficient (Wildman–Crippen LogP) is 2.47. The summed E-state index contributed by atoms with van der Waals surface area (Å²) in [7, 11) is -4.41. The molecule has 4 nitrogen and oxygen atoms in total. The third kappa shape index (κ3) is 3.12. The number of hydrogen-bond acceptors (Lipinski definition) is 3. The van der Waals surface area contributed by atoms with Gasteiger partial charge in [0.2, 0.25) is 0 Å². The summed E-state index contributed by atoms with van der Waals surface area (Å²) >= 11 is 0. The van der Waals surface area contributed by atoms with Crippen LogP contribution in [0.2, 0.25) is 0 Å². The fourth-order valence-corrected chi connectivity index (χ4v) is 2.37. The van der Waals surface area contributed by atoms with E-state index in [0.29, 0.717) is 25.2 Å². The van der Waals surface area contributed by atoms with Crippen LogP contribution in [-0.2, 0) is 9.84 Å². The van der Waals surface area contributed by atoms with Gasteiger partial charge in [0.25, 0.3) is 0 Å². The Morgan fingerprint density at radius 3 is 2.10 bits per heavy atom. The van der Waals surface area contributed by atoms with Crippen LogP contribution in [0.15, 0.2) is 30.3 Å². The van der Waals surface area contributed by atoms with Crippen LogP contribution < -0.4 is 4.90 Å². The molecule has 112 valence electrons. The molecule has 0 fully saturated rings. The molecule has 1 aromatic rings. The van der Waals surface area contributed by atoms with Crippen LogP contribution >= 0.6 is 0 Å². The first-order valence-corrected chi connectivity index (χ1v) is 7.51. The molecule has 0 amide bonds. The van der Waals surface area contributed by atoms with Crippen molar-refractivity contribution in [1.82, 2.24) is 0 Å². The number of para-hydroxylation sites is 1. The normalized spacial score (nSPS) is 15.4. The Bertz CT molecular complexity index is 572. The molecule has 0 aliphatic heterocycles. The fourth-order valence-electron chi connectivity index (χ4n) is 1.57. The number of nitrogens with one attached hydrogen (secondary N) is 1. The van der Waals surface area contributed by atoms with E-state index >= 15 is 0 Å². The van der Waals surface area contributed by atoms with E-state index in [1.165, 1.54) is 12.1 Å². The lowest BCUT2D eigenvalue weighted by Gasteiger charge is -2.34. The average Bonchev–Trinajstić information content (AvgIpc) is 2.34. The minimum Gasteiger partial charge on any atom is -0.331 e. The summed E-state index contributed by atoms with van der Waals surface area (Å²) in [5, 5.41) is 7.23. The number of nitrogens with zero attached hydrogens (tertiary/aromatic N) is 1. The van der Waals surface area contributed by atoms with E-state index in [2.05, 4.69) is 0 Å². The van der Waals surface area contributed by atoms with Gasteiger partial charge in [0, 0.05) is 11.9 Å². The highest BCUT2D eigenvalue weighted by molar-refractivity contribution is 7.92. The molecule has 8 heteroatoms. The van der Waals surface area contributed by atoms with Crippen LogP contribution in [0.3, 0.4) is 0 Å². The fraction of sp³-hybridized carbons (Fsp3) is 0.417. The summed E-state index contributed by atoms with van der Waals surface area (Å²) in [5.41, 5.74) is 0.321. The van der Waals surface area contributed by atoms with Crippen molar-refractivity contribution in [2.24, 2.45) is 0 Å². The number of alkyl halides is 3. The first-order valence-electron chi connectivity index (χ1n) is 5.61. The summed E-state index contributed by atoms with van der Waals surface area (Å²) in [6, 6.07) is 7.87. The number of hydrogen-bond donors (Lipinski definition) is 1. The highest BCUT2D eigenvalue weighted by Crippen LogP contribution is 2.37. The highest BCUT2D eigenvalue weighted by Gasteiger charge is 2.59. The first-order chi connectivity index (χ1) is 9.03. The minimum absolute atomic E-state index is 0.321. The second-order valence-electron chi connectivity index (χ2n) is 4.59. The maximum atomic E-state index is 13.1. The van der Waals surface area contributed by atoms with E-state index in [4.69, 9.17) is 5.41 Å².